The van der Waals surface area contributed by atoms with E-state index in [2.05, 4.69) is 15.9 Å². The molecule has 1 unspecified atom stereocenters. The Bertz CT molecular complexity index is 705. The third-order valence-electron chi connectivity index (χ3n) is 3.19. The Morgan fingerprint density at radius 2 is 1.62 bits per heavy atom. The van der Waals surface area contributed by atoms with E-state index >= 15 is 0 Å². The maximum atomic E-state index is 11.6. The Labute approximate surface area is 128 Å². The van der Waals surface area contributed by atoms with Gasteiger partial charge >= 0.3 is 4.45 Å². The average molecular weight is 351 g/mol. The van der Waals surface area contributed by atoms with E-state index in [1.165, 1.54) is 6.07 Å². The molecule has 0 radical (unpaired) electrons. The van der Waals surface area contributed by atoms with E-state index in [9.17, 15) is 20.2 Å². The van der Waals surface area contributed by atoms with Crippen LogP contribution in [0.25, 0.3) is 0 Å². The number of nitrogens with zero attached hydrogens (tertiary/aromatic N) is 2. The number of alkyl halides is 1. The number of para-hydroxylation sites is 1. The van der Waals surface area contributed by atoms with Crippen LogP contribution in [-0.2, 0) is 4.45 Å². The molecular formula is C14H11BrN2O4. The minimum Gasteiger partial charge on any atom is -0.262 e. The zero-order chi connectivity index (χ0) is 15.6. The molecule has 2 aromatic carbocycles. The highest BCUT2D eigenvalue weighted by Gasteiger charge is 2.49. The van der Waals surface area contributed by atoms with Crippen LogP contribution in [0.2, 0.25) is 0 Å². The standard InChI is InChI=1S/C14H11BrN2O4/c1-10-6-5-9-12(13(10)16(18)19)14(15,17(20)21)11-7-3-2-4-8-11/h2-9H,1H3. The quantitative estimate of drug-likeness (QED) is 0.363. The van der Waals surface area contributed by atoms with Crippen molar-refractivity contribution >= 4 is 21.6 Å². The van der Waals surface area contributed by atoms with Gasteiger partial charge in [-0.2, -0.15) is 0 Å². The molecule has 0 aromatic heterocycles. The highest BCUT2D eigenvalue weighted by Crippen LogP contribution is 2.44. The molecule has 0 heterocycles. The lowest BCUT2D eigenvalue weighted by Gasteiger charge is -2.20. The predicted octanol–water partition coefficient (Wildman–Crippen LogP) is 3.78. The Balaban J connectivity index is 2.80. The van der Waals surface area contributed by atoms with E-state index in [4.69, 9.17) is 0 Å². The number of rotatable bonds is 4. The van der Waals surface area contributed by atoms with E-state index in [1.807, 2.05) is 0 Å². The zero-order valence-corrected chi connectivity index (χ0v) is 12.6. The van der Waals surface area contributed by atoms with Crippen molar-refractivity contribution in [3.63, 3.8) is 0 Å². The Morgan fingerprint density at radius 3 is 2.14 bits per heavy atom. The van der Waals surface area contributed by atoms with Crippen LogP contribution in [0.4, 0.5) is 5.69 Å². The number of benzene rings is 2. The van der Waals surface area contributed by atoms with Gasteiger partial charge in [-0.15, -0.1) is 0 Å². The van der Waals surface area contributed by atoms with Crippen molar-refractivity contribution in [3.05, 3.63) is 85.4 Å². The van der Waals surface area contributed by atoms with Gasteiger partial charge in [0.15, 0.2) is 0 Å². The average Bonchev–Trinajstić information content (AvgIpc) is 2.46. The van der Waals surface area contributed by atoms with Gasteiger partial charge < -0.3 is 0 Å². The number of hydrogen-bond donors (Lipinski definition) is 0. The summed E-state index contributed by atoms with van der Waals surface area (Å²) in [6.45, 7) is 1.56. The Morgan fingerprint density at radius 1 is 1.00 bits per heavy atom. The summed E-state index contributed by atoms with van der Waals surface area (Å²) in [5, 5.41) is 22.9. The van der Waals surface area contributed by atoms with Crippen molar-refractivity contribution in [1.29, 1.82) is 0 Å². The first kappa shape index (κ1) is 15.1. The van der Waals surface area contributed by atoms with Gasteiger partial charge in [-0.3, -0.25) is 20.2 Å². The van der Waals surface area contributed by atoms with E-state index in [0.717, 1.165) is 0 Å². The number of hydrogen-bond acceptors (Lipinski definition) is 4. The van der Waals surface area contributed by atoms with Gasteiger partial charge in [0.05, 0.1) is 4.92 Å². The predicted molar refractivity (Wildman–Crippen MR) is 81.0 cm³/mol. The monoisotopic (exact) mass is 350 g/mol. The molecular weight excluding hydrogens is 340 g/mol. The SMILES string of the molecule is Cc1cccc(C(Br)(c2ccccc2)[N+](=O)[O-])c1[N+](=O)[O-]. The maximum absolute atomic E-state index is 11.6. The van der Waals surface area contributed by atoms with Crippen LogP contribution in [0, 0.1) is 27.2 Å². The molecule has 2 aromatic rings. The fraction of sp³-hybridized carbons (Fsp3) is 0.143. The summed E-state index contributed by atoms with van der Waals surface area (Å²) in [5.74, 6) is 0. The van der Waals surface area contributed by atoms with Gasteiger partial charge in [-0.05, 0) is 13.0 Å². The molecule has 0 aliphatic carbocycles. The molecule has 0 amide bonds. The second-order valence-corrected chi connectivity index (χ2v) is 5.62. The zero-order valence-electron chi connectivity index (χ0n) is 11.0. The second kappa shape index (κ2) is 5.61. The molecule has 108 valence electrons. The molecule has 0 N–H and O–H groups in total. The van der Waals surface area contributed by atoms with Crippen LogP contribution in [0.15, 0.2) is 48.5 Å². The number of halogens is 1. The molecule has 21 heavy (non-hydrogen) atoms. The minimum absolute atomic E-state index is 0.00343. The third-order valence-corrected chi connectivity index (χ3v) is 4.36. The van der Waals surface area contributed by atoms with E-state index < -0.39 is 14.3 Å². The molecule has 0 saturated carbocycles. The van der Waals surface area contributed by atoms with E-state index in [-0.39, 0.29) is 11.3 Å². The van der Waals surface area contributed by atoms with Gasteiger partial charge in [0.25, 0.3) is 5.69 Å². The van der Waals surface area contributed by atoms with Gasteiger partial charge in [0.1, 0.15) is 5.56 Å². The summed E-state index contributed by atoms with van der Waals surface area (Å²) in [6, 6.07) is 12.7. The van der Waals surface area contributed by atoms with Crippen molar-refractivity contribution in [2.75, 3.05) is 0 Å². The van der Waals surface area contributed by atoms with Crippen LogP contribution in [0.5, 0.6) is 0 Å². The number of nitro benzene ring substituents is 1. The van der Waals surface area contributed by atoms with Gasteiger partial charge in [0.2, 0.25) is 0 Å². The molecule has 0 fully saturated rings. The molecule has 1 atom stereocenters. The third kappa shape index (κ3) is 2.52. The smallest absolute Gasteiger partial charge is 0.262 e. The lowest BCUT2D eigenvalue weighted by molar-refractivity contribution is -0.532. The lowest BCUT2D eigenvalue weighted by Crippen LogP contribution is -2.31. The Hall–Kier alpha value is -2.28. The van der Waals surface area contributed by atoms with Crippen molar-refractivity contribution < 1.29 is 9.85 Å². The molecule has 0 aliphatic rings. The Kier molecular flexibility index (Phi) is 4.04. The van der Waals surface area contributed by atoms with Crippen LogP contribution < -0.4 is 0 Å². The summed E-state index contributed by atoms with van der Waals surface area (Å²) in [7, 11) is 0. The summed E-state index contributed by atoms with van der Waals surface area (Å²) in [6.07, 6.45) is 0. The second-order valence-electron chi connectivity index (χ2n) is 4.47. The van der Waals surface area contributed by atoms with Crippen LogP contribution >= 0.6 is 15.9 Å². The first-order valence-electron chi connectivity index (χ1n) is 6.02. The number of nitro groups is 2. The molecule has 0 aliphatic heterocycles. The van der Waals surface area contributed by atoms with Crippen LogP contribution in [0.1, 0.15) is 16.7 Å². The largest absolute Gasteiger partial charge is 0.331 e. The van der Waals surface area contributed by atoms with Crippen molar-refractivity contribution in [3.8, 4) is 0 Å². The van der Waals surface area contributed by atoms with Crippen molar-refractivity contribution in [2.24, 2.45) is 0 Å². The van der Waals surface area contributed by atoms with Gasteiger partial charge in [-0.25, -0.2) is 0 Å². The molecule has 0 saturated heterocycles. The fourth-order valence-corrected chi connectivity index (χ4v) is 2.77. The van der Waals surface area contributed by atoms with E-state index in [1.54, 1.807) is 49.4 Å². The van der Waals surface area contributed by atoms with E-state index in [0.29, 0.717) is 11.1 Å². The number of aryl methyl sites for hydroxylation is 1. The maximum Gasteiger partial charge on any atom is 0.331 e. The molecule has 0 spiro atoms. The van der Waals surface area contributed by atoms with Crippen LogP contribution in [0.3, 0.4) is 0 Å². The topological polar surface area (TPSA) is 86.3 Å². The highest BCUT2D eigenvalue weighted by atomic mass is 79.9. The van der Waals surface area contributed by atoms with Gasteiger partial charge in [-0.1, -0.05) is 42.5 Å². The molecule has 2 rings (SSSR count). The summed E-state index contributed by atoms with van der Waals surface area (Å²) < 4.78 is -1.86. The molecule has 0 bridgehead atoms. The molecule has 7 heteroatoms. The van der Waals surface area contributed by atoms with Crippen molar-refractivity contribution in [2.45, 2.75) is 11.4 Å². The normalized spacial score (nSPS) is 13.4. The minimum atomic E-state index is -1.86. The van der Waals surface area contributed by atoms with Crippen LogP contribution in [-0.4, -0.2) is 9.85 Å². The first-order chi connectivity index (χ1) is 9.89. The highest BCUT2D eigenvalue weighted by molar-refractivity contribution is 9.09. The molecule has 6 nitrogen and oxygen atoms in total. The summed E-state index contributed by atoms with van der Waals surface area (Å²) in [4.78, 5) is 21.8. The lowest BCUT2D eigenvalue weighted by atomic mass is 9.95. The van der Waals surface area contributed by atoms with Gasteiger partial charge in [0, 0.05) is 32.0 Å². The fourth-order valence-electron chi connectivity index (χ4n) is 2.19. The summed E-state index contributed by atoms with van der Waals surface area (Å²) >= 11 is 3.12. The first-order valence-corrected chi connectivity index (χ1v) is 6.81. The summed E-state index contributed by atoms with van der Waals surface area (Å²) in [5.41, 5.74) is 0.446. The van der Waals surface area contributed by atoms with Crippen molar-refractivity contribution in [1.82, 2.24) is 0 Å².